The fourth-order valence-corrected chi connectivity index (χ4v) is 3.69. The van der Waals surface area contributed by atoms with Gasteiger partial charge in [0.15, 0.2) is 0 Å². The predicted molar refractivity (Wildman–Crippen MR) is 107 cm³/mol. The Morgan fingerprint density at radius 2 is 1.67 bits per heavy atom. The summed E-state index contributed by atoms with van der Waals surface area (Å²) < 4.78 is 17.0. The van der Waals surface area contributed by atoms with Crippen LogP contribution < -0.4 is 4.74 Å². The molecule has 1 heterocycles. The molecule has 2 aromatic rings. The number of methoxy groups -OCH3 is 1. The molecule has 2 aromatic carbocycles. The van der Waals surface area contributed by atoms with Gasteiger partial charge in [0.25, 0.3) is 0 Å². The van der Waals surface area contributed by atoms with Crippen LogP contribution in [0.4, 0.5) is 0 Å². The second-order valence-corrected chi connectivity index (χ2v) is 7.55. The molecule has 30 heavy (non-hydrogen) atoms. The molecule has 3 rings (SSSR count). The number of hydrogen-bond donors (Lipinski definition) is 5. The van der Waals surface area contributed by atoms with Gasteiger partial charge < -0.3 is 39.7 Å². The van der Waals surface area contributed by atoms with Crippen LogP contribution >= 0.6 is 11.6 Å². The second kappa shape index (κ2) is 9.17. The van der Waals surface area contributed by atoms with Crippen molar-refractivity contribution in [3.8, 4) is 5.75 Å². The maximum atomic E-state index is 10.7. The largest absolute Gasteiger partial charge is 0.489 e. The van der Waals surface area contributed by atoms with Crippen molar-refractivity contribution in [2.75, 3.05) is 20.3 Å². The van der Waals surface area contributed by atoms with Crippen molar-refractivity contribution in [1.29, 1.82) is 0 Å². The van der Waals surface area contributed by atoms with E-state index in [0.29, 0.717) is 16.3 Å². The van der Waals surface area contributed by atoms with Crippen molar-refractivity contribution in [1.82, 2.24) is 0 Å². The molecular weight excluding hydrogens is 416 g/mol. The molecule has 1 aliphatic heterocycles. The molecule has 1 aliphatic rings. The lowest BCUT2D eigenvalue weighted by molar-refractivity contribution is -0.401. The number of rotatable bonds is 7. The van der Waals surface area contributed by atoms with E-state index in [1.807, 2.05) is 18.2 Å². The fourth-order valence-electron chi connectivity index (χ4n) is 3.52. The average Bonchev–Trinajstić information content (AvgIpc) is 2.79. The maximum absolute atomic E-state index is 10.7. The van der Waals surface area contributed by atoms with E-state index in [1.54, 1.807) is 24.3 Å². The van der Waals surface area contributed by atoms with Crippen molar-refractivity contribution in [3.63, 3.8) is 0 Å². The Morgan fingerprint density at radius 3 is 2.27 bits per heavy atom. The molecular formula is C21H25ClO8. The Labute approximate surface area is 178 Å². The summed E-state index contributed by atoms with van der Waals surface area (Å²) in [4.78, 5) is 0. The lowest BCUT2D eigenvalue weighted by Gasteiger charge is -2.52. The zero-order valence-electron chi connectivity index (χ0n) is 16.3. The van der Waals surface area contributed by atoms with Gasteiger partial charge in [-0.1, -0.05) is 35.9 Å². The van der Waals surface area contributed by atoms with Crippen molar-refractivity contribution in [2.45, 2.75) is 36.3 Å². The first-order valence-electron chi connectivity index (χ1n) is 9.31. The highest BCUT2D eigenvalue weighted by Crippen LogP contribution is 2.44. The third kappa shape index (κ3) is 3.93. The molecule has 0 bridgehead atoms. The second-order valence-electron chi connectivity index (χ2n) is 7.14. The van der Waals surface area contributed by atoms with Gasteiger partial charge >= 0.3 is 0 Å². The molecule has 1 fully saturated rings. The van der Waals surface area contributed by atoms with Crippen molar-refractivity contribution >= 4 is 11.6 Å². The first kappa shape index (κ1) is 22.9. The van der Waals surface area contributed by atoms with E-state index >= 15 is 0 Å². The summed E-state index contributed by atoms with van der Waals surface area (Å²) in [5.41, 5.74) is -1.16. The first-order chi connectivity index (χ1) is 14.3. The van der Waals surface area contributed by atoms with Crippen molar-refractivity contribution in [3.05, 3.63) is 64.7 Å². The van der Waals surface area contributed by atoms with Gasteiger partial charge in [-0.2, -0.15) is 0 Å². The molecule has 1 saturated heterocycles. The monoisotopic (exact) mass is 440 g/mol. The third-order valence-electron chi connectivity index (χ3n) is 5.35. The van der Waals surface area contributed by atoms with Crippen LogP contribution in [-0.4, -0.2) is 69.8 Å². The van der Waals surface area contributed by atoms with E-state index in [-0.39, 0.29) is 12.2 Å². The van der Waals surface area contributed by atoms with E-state index < -0.39 is 42.9 Å². The third-order valence-corrected chi connectivity index (χ3v) is 5.72. The molecule has 8 nitrogen and oxygen atoms in total. The van der Waals surface area contributed by atoms with Gasteiger partial charge in [0.05, 0.1) is 13.2 Å². The van der Waals surface area contributed by atoms with Crippen LogP contribution in [0.5, 0.6) is 5.75 Å². The molecule has 0 amide bonds. The summed E-state index contributed by atoms with van der Waals surface area (Å²) in [6.45, 7) is -1.54. The summed E-state index contributed by atoms with van der Waals surface area (Å²) in [7, 11) is 1.24. The van der Waals surface area contributed by atoms with E-state index in [9.17, 15) is 25.5 Å². The number of ether oxygens (including phenoxy) is 3. The van der Waals surface area contributed by atoms with E-state index in [1.165, 1.54) is 13.2 Å². The average molecular weight is 441 g/mol. The van der Waals surface area contributed by atoms with Crippen LogP contribution in [0.25, 0.3) is 0 Å². The van der Waals surface area contributed by atoms with Crippen LogP contribution in [0.15, 0.2) is 48.5 Å². The van der Waals surface area contributed by atoms with Gasteiger partial charge in [-0.05, 0) is 24.3 Å². The normalized spacial score (nSPS) is 28.3. The zero-order valence-corrected chi connectivity index (χ0v) is 17.1. The fraction of sp³-hybridized carbons (Fsp3) is 0.429. The van der Waals surface area contributed by atoms with Crippen LogP contribution in [0.3, 0.4) is 0 Å². The molecule has 5 N–H and O–H groups in total. The molecule has 164 valence electrons. The number of aliphatic hydroxyl groups excluding tert-OH is 5. The summed E-state index contributed by atoms with van der Waals surface area (Å²) in [5.74, 6) is -1.36. The Hall–Kier alpha value is -1.75. The topological polar surface area (TPSA) is 129 Å². The minimum atomic E-state index is -1.99. The smallest absolute Gasteiger partial charge is 0.225 e. The minimum absolute atomic E-state index is 0.100. The lowest BCUT2D eigenvalue weighted by Crippen LogP contribution is -2.71. The number of hydrogen-bond acceptors (Lipinski definition) is 8. The number of benzene rings is 2. The van der Waals surface area contributed by atoms with Gasteiger partial charge in [0, 0.05) is 23.3 Å². The first-order valence-corrected chi connectivity index (χ1v) is 9.69. The Kier molecular flexibility index (Phi) is 7.01. The van der Waals surface area contributed by atoms with Gasteiger partial charge in [0.2, 0.25) is 5.79 Å². The molecule has 2 unspecified atom stereocenters. The van der Waals surface area contributed by atoms with Crippen LogP contribution in [0.2, 0.25) is 5.02 Å². The van der Waals surface area contributed by atoms with Crippen LogP contribution in [-0.2, 0) is 21.9 Å². The molecule has 0 radical (unpaired) electrons. The van der Waals surface area contributed by atoms with Gasteiger partial charge in [0.1, 0.15) is 36.3 Å². The van der Waals surface area contributed by atoms with Crippen molar-refractivity contribution < 1.29 is 39.7 Å². The minimum Gasteiger partial charge on any atom is -0.489 e. The molecule has 0 spiro atoms. The zero-order chi connectivity index (χ0) is 21.9. The lowest BCUT2D eigenvalue weighted by atomic mass is 9.81. The maximum Gasteiger partial charge on any atom is 0.225 e. The van der Waals surface area contributed by atoms with Crippen LogP contribution in [0.1, 0.15) is 11.1 Å². The highest BCUT2D eigenvalue weighted by molar-refractivity contribution is 6.31. The van der Waals surface area contributed by atoms with Gasteiger partial charge in [-0.25, -0.2) is 0 Å². The van der Waals surface area contributed by atoms with Gasteiger partial charge in [-0.15, -0.1) is 0 Å². The molecule has 0 saturated carbocycles. The van der Waals surface area contributed by atoms with E-state index in [0.717, 1.165) is 0 Å². The Morgan fingerprint density at radius 1 is 1.00 bits per heavy atom. The quantitative estimate of drug-likeness (QED) is 0.422. The number of para-hydroxylation sites is 1. The number of aliphatic hydroxyl groups is 5. The molecule has 4 atom stereocenters. The summed E-state index contributed by atoms with van der Waals surface area (Å²) >= 11 is 6.30. The summed E-state index contributed by atoms with van der Waals surface area (Å²) in [5, 5.41) is 51.3. The molecule has 9 heteroatoms. The summed E-state index contributed by atoms with van der Waals surface area (Å²) in [6, 6.07) is 13.7. The Bertz CT molecular complexity index is 844. The van der Waals surface area contributed by atoms with E-state index in [2.05, 4.69) is 0 Å². The number of halogens is 1. The standard InChI is InChI=1S/C21H25ClO8/c1-28-21(19(27)17(25)18(26)20(11-23,12-24)30-21)14-7-8-16(22)13(9-14)10-29-15-5-3-2-4-6-15/h2-9,17-19,23-27H,10-12H2,1H3/t17?,18-,19?,21-/m0/s1. The molecule has 0 aromatic heterocycles. The SMILES string of the molecule is CO[C@@]1(c2ccc(Cl)c(COc3ccccc3)c2)OC(CO)(CO)[C@@H](O)C(O)C1O. The van der Waals surface area contributed by atoms with Gasteiger partial charge in [-0.3, -0.25) is 0 Å². The highest BCUT2D eigenvalue weighted by atomic mass is 35.5. The highest BCUT2D eigenvalue weighted by Gasteiger charge is 2.61. The van der Waals surface area contributed by atoms with E-state index in [4.69, 9.17) is 25.8 Å². The summed E-state index contributed by atoms with van der Waals surface area (Å²) in [6.07, 6.45) is -5.25. The molecule has 0 aliphatic carbocycles. The predicted octanol–water partition coefficient (Wildman–Crippen LogP) is 0.554. The van der Waals surface area contributed by atoms with Crippen molar-refractivity contribution in [2.24, 2.45) is 0 Å². The Balaban J connectivity index is 1.98. The van der Waals surface area contributed by atoms with Crippen LogP contribution in [0, 0.1) is 0 Å².